The lowest BCUT2D eigenvalue weighted by Crippen LogP contribution is -2.37. The number of nitrogens with one attached hydrogen (secondary N) is 1. The summed E-state index contributed by atoms with van der Waals surface area (Å²) in [5, 5.41) is 6.52. The number of carbonyl (C=O) groups excluding carboxylic acids is 1. The number of hydrogen-bond acceptors (Lipinski definition) is 5. The van der Waals surface area contributed by atoms with Gasteiger partial charge in [0, 0.05) is 0 Å². The van der Waals surface area contributed by atoms with Crippen molar-refractivity contribution in [2.45, 2.75) is 26.4 Å². The molecule has 0 aliphatic carbocycles. The average molecular weight is 200 g/mol. The smallest absolute Gasteiger partial charge is 0.236 e. The van der Waals surface area contributed by atoms with Crippen molar-refractivity contribution in [3.8, 4) is 0 Å². The van der Waals surface area contributed by atoms with Crippen LogP contribution in [0.4, 0.5) is 0 Å². The van der Waals surface area contributed by atoms with Crippen molar-refractivity contribution in [3.63, 3.8) is 0 Å². The van der Waals surface area contributed by atoms with Crippen molar-refractivity contribution < 1.29 is 4.79 Å². The molecular weight excluding hydrogens is 188 g/mol. The van der Waals surface area contributed by atoms with Crippen LogP contribution >= 0.6 is 11.5 Å². The van der Waals surface area contributed by atoms with Gasteiger partial charge in [-0.15, -0.1) is 5.10 Å². The third kappa shape index (κ3) is 2.74. The van der Waals surface area contributed by atoms with E-state index in [0.29, 0.717) is 6.54 Å². The summed E-state index contributed by atoms with van der Waals surface area (Å²) in [5.41, 5.74) is 6.23. The van der Waals surface area contributed by atoms with E-state index in [-0.39, 0.29) is 5.91 Å². The van der Waals surface area contributed by atoms with E-state index >= 15 is 0 Å². The predicted octanol–water partition coefficient (Wildman–Crippen LogP) is -0.190. The average Bonchev–Trinajstić information content (AvgIpc) is 2.47. The predicted molar refractivity (Wildman–Crippen MR) is 50.1 cm³/mol. The van der Waals surface area contributed by atoms with Crippen LogP contribution in [0.5, 0.6) is 0 Å². The Balaban J connectivity index is 2.44. The summed E-state index contributed by atoms with van der Waals surface area (Å²) >= 11 is 1.29. The molecular formula is C7H12N4OS. The van der Waals surface area contributed by atoms with Gasteiger partial charge in [0.05, 0.1) is 23.2 Å². The Morgan fingerprint density at radius 1 is 1.77 bits per heavy atom. The van der Waals surface area contributed by atoms with Crippen molar-refractivity contribution in [1.82, 2.24) is 14.9 Å². The number of aromatic nitrogens is 2. The van der Waals surface area contributed by atoms with E-state index in [4.69, 9.17) is 5.73 Å². The molecule has 1 aromatic rings. The monoisotopic (exact) mass is 200 g/mol. The molecule has 72 valence electrons. The number of nitrogens with two attached hydrogens (primary N) is 1. The van der Waals surface area contributed by atoms with Crippen LogP contribution in [0.2, 0.25) is 0 Å². The minimum atomic E-state index is -0.471. The third-order valence-electron chi connectivity index (χ3n) is 1.58. The van der Waals surface area contributed by atoms with Crippen LogP contribution in [0.3, 0.4) is 0 Å². The second kappa shape index (κ2) is 4.29. The Morgan fingerprint density at radius 2 is 2.46 bits per heavy atom. The van der Waals surface area contributed by atoms with E-state index < -0.39 is 6.04 Å². The van der Waals surface area contributed by atoms with Crippen molar-refractivity contribution in [2.24, 2.45) is 5.73 Å². The molecule has 1 rings (SSSR count). The Hall–Kier alpha value is -1.01. The Morgan fingerprint density at radius 3 is 2.92 bits per heavy atom. The van der Waals surface area contributed by atoms with E-state index in [1.165, 1.54) is 11.5 Å². The van der Waals surface area contributed by atoms with Gasteiger partial charge in [-0.25, -0.2) is 0 Å². The SMILES string of the molecule is Cc1nnsc1CNC(=O)[C@@H](C)N. The molecule has 13 heavy (non-hydrogen) atoms. The van der Waals surface area contributed by atoms with Gasteiger partial charge in [0.1, 0.15) is 0 Å². The van der Waals surface area contributed by atoms with Crippen LogP contribution in [-0.4, -0.2) is 21.5 Å². The molecule has 1 atom stereocenters. The lowest BCUT2D eigenvalue weighted by molar-refractivity contribution is -0.122. The van der Waals surface area contributed by atoms with Crippen LogP contribution in [-0.2, 0) is 11.3 Å². The first kappa shape index (κ1) is 10.1. The van der Waals surface area contributed by atoms with Crippen molar-refractivity contribution in [2.75, 3.05) is 0 Å². The quantitative estimate of drug-likeness (QED) is 0.708. The highest BCUT2D eigenvalue weighted by Gasteiger charge is 2.08. The largest absolute Gasteiger partial charge is 0.350 e. The zero-order valence-electron chi connectivity index (χ0n) is 7.57. The molecule has 0 radical (unpaired) electrons. The fraction of sp³-hybridized carbons (Fsp3) is 0.571. The molecule has 6 heteroatoms. The maximum atomic E-state index is 11.1. The molecule has 0 aliphatic rings. The Kier molecular flexibility index (Phi) is 3.32. The highest BCUT2D eigenvalue weighted by molar-refractivity contribution is 7.05. The Bertz CT molecular complexity index is 296. The first-order valence-electron chi connectivity index (χ1n) is 3.92. The number of amides is 1. The highest BCUT2D eigenvalue weighted by Crippen LogP contribution is 2.07. The first-order valence-corrected chi connectivity index (χ1v) is 4.69. The normalized spacial score (nSPS) is 12.5. The standard InChI is InChI=1S/C7H12N4OS/c1-4(8)7(12)9-3-6-5(2)10-11-13-6/h4H,3,8H2,1-2H3,(H,9,12)/t4-/m1/s1. The van der Waals surface area contributed by atoms with E-state index in [1.807, 2.05) is 6.92 Å². The molecule has 5 nitrogen and oxygen atoms in total. The van der Waals surface area contributed by atoms with Gasteiger partial charge in [-0.3, -0.25) is 4.79 Å². The van der Waals surface area contributed by atoms with Gasteiger partial charge in [0.25, 0.3) is 0 Å². The summed E-state index contributed by atoms with van der Waals surface area (Å²) < 4.78 is 3.75. The van der Waals surface area contributed by atoms with Gasteiger partial charge in [0.2, 0.25) is 5.91 Å². The second-order valence-electron chi connectivity index (χ2n) is 2.79. The zero-order chi connectivity index (χ0) is 9.84. The van der Waals surface area contributed by atoms with Crippen LogP contribution < -0.4 is 11.1 Å². The minimum absolute atomic E-state index is 0.159. The molecule has 0 unspecified atom stereocenters. The zero-order valence-corrected chi connectivity index (χ0v) is 8.39. The maximum Gasteiger partial charge on any atom is 0.236 e. The van der Waals surface area contributed by atoms with E-state index in [9.17, 15) is 4.79 Å². The summed E-state index contributed by atoms with van der Waals surface area (Å²) in [6.45, 7) is 3.97. The number of carbonyl (C=O) groups is 1. The summed E-state index contributed by atoms with van der Waals surface area (Å²) in [5.74, 6) is -0.159. The molecule has 0 aliphatic heterocycles. The number of rotatable bonds is 3. The van der Waals surface area contributed by atoms with E-state index in [1.54, 1.807) is 6.92 Å². The summed E-state index contributed by atoms with van der Waals surface area (Å²) in [6.07, 6.45) is 0. The fourth-order valence-electron chi connectivity index (χ4n) is 0.741. The molecule has 3 N–H and O–H groups in total. The molecule has 0 bridgehead atoms. The molecule has 0 saturated carbocycles. The van der Waals surface area contributed by atoms with Gasteiger partial charge < -0.3 is 11.1 Å². The summed E-state index contributed by atoms with van der Waals surface area (Å²) in [6, 6.07) is -0.471. The minimum Gasteiger partial charge on any atom is -0.350 e. The summed E-state index contributed by atoms with van der Waals surface area (Å²) in [4.78, 5) is 12.0. The molecule has 1 aromatic heterocycles. The molecule has 0 aromatic carbocycles. The van der Waals surface area contributed by atoms with E-state index in [2.05, 4.69) is 14.9 Å². The topological polar surface area (TPSA) is 80.9 Å². The van der Waals surface area contributed by atoms with Gasteiger partial charge in [-0.2, -0.15) is 0 Å². The van der Waals surface area contributed by atoms with Crippen molar-refractivity contribution in [1.29, 1.82) is 0 Å². The van der Waals surface area contributed by atoms with Crippen LogP contribution in [0.1, 0.15) is 17.5 Å². The third-order valence-corrected chi connectivity index (χ3v) is 2.41. The van der Waals surface area contributed by atoms with Gasteiger partial charge in [-0.05, 0) is 25.4 Å². The number of nitrogens with zero attached hydrogens (tertiary/aromatic N) is 2. The first-order chi connectivity index (χ1) is 6.11. The maximum absolute atomic E-state index is 11.1. The number of aryl methyl sites for hydroxylation is 1. The molecule has 0 spiro atoms. The Labute approximate surface area is 80.5 Å². The van der Waals surface area contributed by atoms with Crippen LogP contribution in [0, 0.1) is 6.92 Å². The lowest BCUT2D eigenvalue weighted by atomic mass is 10.3. The van der Waals surface area contributed by atoms with Crippen LogP contribution in [0.15, 0.2) is 0 Å². The number of hydrogen-bond donors (Lipinski definition) is 2. The second-order valence-corrected chi connectivity index (χ2v) is 3.63. The van der Waals surface area contributed by atoms with Gasteiger partial charge in [0.15, 0.2) is 0 Å². The van der Waals surface area contributed by atoms with Crippen molar-refractivity contribution in [3.05, 3.63) is 10.6 Å². The molecule has 0 fully saturated rings. The summed E-state index contributed by atoms with van der Waals surface area (Å²) in [7, 11) is 0. The highest BCUT2D eigenvalue weighted by atomic mass is 32.1. The van der Waals surface area contributed by atoms with E-state index in [0.717, 1.165) is 10.6 Å². The van der Waals surface area contributed by atoms with Crippen molar-refractivity contribution >= 4 is 17.4 Å². The lowest BCUT2D eigenvalue weighted by Gasteiger charge is -2.05. The fourth-order valence-corrected chi connectivity index (χ4v) is 1.31. The molecule has 1 heterocycles. The molecule has 0 saturated heterocycles. The van der Waals surface area contributed by atoms with Crippen LogP contribution in [0.25, 0.3) is 0 Å². The van der Waals surface area contributed by atoms with Gasteiger partial charge >= 0.3 is 0 Å². The molecule has 1 amide bonds. The van der Waals surface area contributed by atoms with Gasteiger partial charge in [-0.1, -0.05) is 4.49 Å².